The Hall–Kier alpha value is -4.35. The van der Waals surface area contributed by atoms with Gasteiger partial charge >= 0.3 is 0 Å². The molecule has 6 atom stereocenters. The van der Waals surface area contributed by atoms with Crippen molar-refractivity contribution in [2.24, 2.45) is 35.0 Å². The Morgan fingerprint density at radius 1 is 0.696 bits per heavy atom. The van der Waals surface area contributed by atoms with E-state index < -0.39 is 71.6 Å². The van der Waals surface area contributed by atoms with Crippen molar-refractivity contribution in [1.82, 2.24) is 15.5 Å². The number of hydrogen-bond acceptors (Lipinski definition) is 7. The number of primary amides is 1. The summed E-state index contributed by atoms with van der Waals surface area (Å²) in [6.07, 6.45) is 4.13. The molecule has 0 bridgehead atoms. The molecule has 0 aromatic heterocycles. The SMILES string of the molecule is CC(C)[C@H](NC(=O)[C@H](C(C)C)N(C(=O)C(C=CC(N)Cc1ccccc1)Cc1ccccc1)C(=O)[C@H](C)NC(=O)[C@H](C)N)C(N)=O. The second kappa shape index (κ2) is 18.0. The van der Waals surface area contributed by atoms with Crippen molar-refractivity contribution in [3.8, 4) is 0 Å². The second-order valence-corrected chi connectivity index (χ2v) is 12.4. The highest BCUT2D eigenvalue weighted by molar-refractivity contribution is 6.05. The van der Waals surface area contributed by atoms with Crippen LogP contribution in [0.15, 0.2) is 72.8 Å². The summed E-state index contributed by atoms with van der Waals surface area (Å²) in [6, 6.07) is 14.0. The van der Waals surface area contributed by atoms with Crippen molar-refractivity contribution in [1.29, 1.82) is 0 Å². The zero-order valence-electron chi connectivity index (χ0n) is 27.7. The molecule has 0 saturated heterocycles. The first-order valence-electron chi connectivity index (χ1n) is 15.7. The van der Waals surface area contributed by atoms with E-state index in [-0.39, 0.29) is 12.3 Å². The lowest BCUT2D eigenvalue weighted by Gasteiger charge is -2.36. The van der Waals surface area contributed by atoms with Crippen LogP contribution in [0.2, 0.25) is 0 Å². The van der Waals surface area contributed by atoms with E-state index in [9.17, 15) is 24.0 Å². The number of benzene rings is 2. The summed E-state index contributed by atoms with van der Waals surface area (Å²) in [5.41, 5.74) is 19.6. The first-order valence-corrected chi connectivity index (χ1v) is 15.7. The highest BCUT2D eigenvalue weighted by Gasteiger charge is 2.42. The monoisotopic (exact) mass is 634 g/mol. The van der Waals surface area contributed by atoms with Crippen molar-refractivity contribution in [3.63, 3.8) is 0 Å². The number of carbonyl (C=O) groups excluding carboxylic acids is 5. The maximum absolute atomic E-state index is 14.6. The summed E-state index contributed by atoms with van der Waals surface area (Å²) < 4.78 is 0. The van der Waals surface area contributed by atoms with E-state index in [1.165, 1.54) is 13.8 Å². The molecule has 11 heteroatoms. The van der Waals surface area contributed by atoms with Gasteiger partial charge in [-0.1, -0.05) is 101 Å². The Kier molecular flexibility index (Phi) is 14.8. The van der Waals surface area contributed by atoms with Crippen molar-refractivity contribution in [2.75, 3.05) is 0 Å². The molecule has 0 saturated carbocycles. The Morgan fingerprint density at radius 3 is 1.67 bits per heavy atom. The third-order valence-corrected chi connectivity index (χ3v) is 7.59. The maximum Gasteiger partial charge on any atom is 0.252 e. The number of nitrogens with one attached hydrogen (secondary N) is 2. The lowest BCUT2D eigenvalue weighted by Crippen LogP contribution is -2.62. The number of hydrogen-bond donors (Lipinski definition) is 5. The lowest BCUT2D eigenvalue weighted by molar-refractivity contribution is -0.157. The van der Waals surface area contributed by atoms with Crippen LogP contribution >= 0.6 is 0 Å². The highest BCUT2D eigenvalue weighted by Crippen LogP contribution is 2.22. The van der Waals surface area contributed by atoms with Crippen molar-refractivity contribution < 1.29 is 24.0 Å². The maximum atomic E-state index is 14.6. The molecule has 2 rings (SSSR count). The van der Waals surface area contributed by atoms with Crippen LogP contribution in [0.4, 0.5) is 0 Å². The van der Waals surface area contributed by atoms with Crippen LogP contribution < -0.4 is 27.8 Å². The summed E-state index contributed by atoms with van der Waals surface area (Å²) >= 11 is 0. The quantitative estimate of drug-likeness (QED) is 0.174. The van der Waals surface area contributed by atoms with Crippen LogP contribution in [0, 0.1) is 17.8 Å². The summed E-state index contributed by atoms with van der Waals surface area (Å²) in [5.74, 6) is -5.35. The van der Waals surface area contributed by atoms with Crippen LogP contribution in [-0.4, -0.2) is 64.6 Å². The van der Waals surface area contributed by atoms with E-state index >= 15 is 0 Å². The molecule has 5 amide bonds. The molecule has 11 nitrogen and oxygen atoms in total. The average Bonchev–Trinajstić information content (AvgIpc) is 3.00. The molecule has 2 aromatic rings. The number of nitrogens with zero attached hydrogens (tertiary/aromatic N) is 1. The van der Waals surface area contributed by atoms with Gasteiger partial charge < -0.3 is 27.8 Å². The number of nitrogens with two attached hydrogens (primary N) is 3. The molecular weight excluding hydrogens is 584 g/mol. The molecule has 2 unspecified atom stereocenters. The molecular formula is C35H50N6O5. The minimum absolute atomic E-state index is 0.209. The summed E-state index contributed by atoms with van der Waals surface area (Å²) in [4.78, 5) is 68.1. The first-order chi connectivity index (χ1) is 21.6. The Balaban J connectivity index is 2.61. The van der Waals surface area contributed by atoms with Gasteiger partial charge in [-0.2, -0.15) is 0 Å². The van der Waals surface area contributed by atoms with E-state index in [2.05, 4.69) is 10.6 Å². The van der Waals surface area contributed by atoms with Crippen LogP contribution in [0.5, 0.6) is 0 Å². The van der Waals surface area contributed by atoms with E-state index in [1.54, 1.807) is 39.8 Å². The molecule has 0 fully saturated rings. The average molecular weight is 635 g/mol. The molecule has 0 radical (unpaired) electrons. The molecule has 0 spiro atoms. The summed E-state index contributed by atoms with van der Waals surface area (Å²) in [7, 11) is 0. The fraction of sp³-hybridized carbons (Fsp3) is 0.457. The molecule has 0 heterocycles. The molecule has 250 valence electrons. The summed E-state index contributed by atoms with van der Waals surface area (Å²) in [5, 5.41) is 5.19. The standard InChI is InChI=1S/C35H50N6O5/c1-21(2)29(31(38)42)40-33(44)30(22(3)4)41(34(45)24(6)39-32(43)23(5)36)35(46)27(19-25-13-9-7-10-14-25)17-18-28(37)20-26-15-11-8-12-16-26/h7-18,21-24,27-30H,19-20,36-37H2,1-6H3,(H2,38,42)(H,39,43)(H,40,44)/t23-,24-,27?,28?,29-,30-/m0/s1. The van der Waals surface area contributed by atoms with Crippen LogP contribution in [0.3, 0.4) is 0 Å². The lowest BCUT2D eigenvalue weighted by atomic mass is 9.92. The molecule has 0 aliphatic carbocycles. The van der Waals surface area contributed by atoms with Gasteiger partial charge in [-0.05, 0) is 49.7 Å². The Bertz CT molecular complexity index is 1350. The van der Waals surface area contributed by atoms with Crippen LogP contribution in [0.25, 0.3) is 0 Å². The predicted molar refractivity (Wildman–Crippen MR) is 179 cm³/mol. The highest BCUT2D eigenvalue weighted by atomic mass is 16.2. The van der Waals surface area contributed by atoms with E-state index in [1.807, 2.05) is 60.7 Å². The smallest absolute Gasteiger partial charge is 0.252 e. The van der Waals surface area contributed by atoms with Gasteiger partial charge in [0.05, 0.1) is 12.0 Å². The second-order valence-electron chi connectivity index (χ2n) is 12.4. The Morgan fingerprint density at radius 2 is 1.22 bits per heavy atom. The van der Waals surface area contributed by atoms with Gasteiger partial charge in [-0.15, -0.1) is 0 Å². The third-order valence-electron chi connectivity index (χ3n) is 7.59. The van der Waals surface area contributed by atoms with Crippen molar-refractivity contribution in [3.05, 3.63) is 83.9 Å². The molecule has 46 heavy (non-hydrogen) atoms. The molecule has 0 aliphatic rings. The minimum Gasteiger partial charge on any atom is -0.368 e. The van der Waals surface area contributed by atoms with E-state index in [0.717, 1.165) is 16.0 Å². The van der Waals surface area contributed by atoms with Crippen LogP contribution in [-0.2, 0) is 36.8 Å². The third kappa shape index (κ3) is 11.2. The topological polar surface area (TPSA) is 191 Å². The van der Waals surface area contributed by atoms with Gasteiger partial charge in [0.1, 0.15) is 18.1 Å². The van der Waals surface area contributed by atoms with E-state index in [0.29, 0.717) is 6.42 Å². The number of rotatable bonds is 16. The Labute approximate surface area is 272 Å². The van der Waals surface area contributed by atoms with Gasteiger partial charge in [-0.25, -0.2) is 0 Å². The first kappa shape index (κ1) is 37.8. The summed E-state index contributed by atoms with van der Waals surface area (Å²) in [6.45, 7) is 9.72. The van der Waals surface area contributed by atoms with Crippen LogP contribution in [0.1, 0.15) is 52.7 Å². The minimum atomic E-state index is -1.33. The van der Waals surface area contributed by atoms with Gasteiger partial charge in [0.2, 0.25) is 23.6 Å². The fourth-order valence-corrected chi connectivity index (χ4v) is 5.04. The van der Waals surface area contributed by atoms with Gasteiger partial charge in [-0.3, -0.25) is 28.9 Å². The van der Waals surface area contributed by atoms with Crippen molar-refractivity contribution >= 4 is 29.5 Å². The van der Waals surface area contributed by atoms with Gasteiger partial charge in [0, 0.05) is 6.04 Å². The molecule has 0 aliphatic heterocycles. The predicted octanol–water partition coefficient (Wildman–Crippen LogP) is 1.83. The largest absolute Gasteiger partial charge is 0.368 e. The molecule has 2 aromatic carbocycles. The van der Waals surface area contributed by atoms with Gasteiger partial charge in [0.25, 0.3) is 5.91 Å². The number of amides is 5. The number of carbonyl (C=O) groups is 5. The van der Waals surface area contributed by atoms with E-state index in [4.69, 9.17) is 17.2 Å². The number of imide groups is 1. The fourth-order valence-electron chi connectivity index (χ4n) is 5.04. The van der Waals surface area contributed by atoms with Gasteiger partial charge in [0.15, 0.2) is 0 Å². The normalized spacial score (nSPS) is 15.4. The van der Waals surface area contributed by atoms with Crippen molar-refractivity contribution in [2.45, 2.75) is 84.6 Å². The molecule has 8 N–H and O–H groups in total. The zero-order valence-corrected chi connectivity index (χ0v) is 27.7. The zero-order chi connectivity index (χ0) is 34.6.